The van der Waals surface area contributed by atoms with Gasteiger partial charge in [-0.15, -0.1) is 13.2 Å². The SMILES string of the molecule is CC(C)[C@H](N)C(=O)Nc1ccc(OC(F)(F)F)cc1. The van der Waals surface area contributed by atoms with Crippen LogP contribution in [0.1, 0.15) is 13.8 Å². The maximum absolute atomic E-state index is 11.9. The van der Waals surface area contributed by atoms with Gasteiger partial charge in [0, 0.05) is 5.69 Å². The zero-order valence-corrected chi connectivity index (χ0v) is 10.5. The Morgan fingerprint density at radius 2 is 1.79 bits per heavy atom. The van der Waals surface area contributed by atoms with Crippen LogP contribution >= 0.6 is 0 Å². The van der Waals surface area contributed by atoms with E-state index in [1.807, 2.05) is 0 Å². The molecular weight excluding hydrogens is 261 g/mol. The lowest BCUT2D eigenvalue weighted by Gasteiger charge is -2.15. The summed E-state index contributed by atoms with van der Waals surface area (Å²) in [5, 5.41) is 2.51. The third-order valence-electron chi connectivity index (χ3n) is 2.38. The number of alkyl halides is 3. The molecule has 0 aliphatic carbocycles. The monoisotopic (exact) mass is 276 g/mol. The molecule has 1 atom stereocenters. The fourth-order valence-electron chi connectivity index (χ4n) is 1.27. The summed E-state index contributed by atoms with van der Waals surface area (Å²) >= 11 is 0. The van der Waals surface area contributed by atoms with E-state index in [9.17, 15) is 18.0 Å². The first kappa shape index (κ1) is 15.3. The van der Waals surface area contributed by atoms with Crippen LogP contribution in [0.3, 0.4) is 0 Å². The molecule has 0 spiro atoms. The molecule has 0 fully saturated rings. The first-order chi connectivity index (χ1) is 8.69. The Bertz CT molecular complexity index is 430. The van der Waals surface area contributed by atoms with Gasteiger partial charge in [0.05, 0.1) is 6.04 Å². The molecule has 1 amide bonds. The van der Waals surface area contributed by atoms with Crippen LogP contribution in [0.2, 0.25) is 0 Å². The number of benzene rings is 1. The number of hydrogen-bond donors (Lipinski definition) is 2. The van der Waals surface area contributed by atoms with Crippen molar-refractivity contribution in [3.05, 3.63) is 24.3 Å². The van der Waals surface area contributed by atoms with Crippen LogP contribution in [0.5, 0.6) is 5.75 Å². The summed E-state index contributed by atoms with van der Waals surface area (Å²) in [6.07, 6.45) is -4.73. The molecule has 3 N–H and O–H groups in total. The predicted molar refractivity (Wildman–Crippen MR) is 64.6 cm³/mol. The van der Waals surface area contributed by atoms with Crippen molar-refractivity contribution in [2.24, 2.45) is 11.7 Å². The van der Waals surface area contributed by atoms with Gasteiger partial charge in [-0.05, 0) is 30.2 Å². The molecule has 1 rings (SSSR count). The summed E-state index contributed by atoms with van der Waals surface area (Å²) in [5.74, 6) is -0.772. The van der Waals surface area contributed by atoms with Gasteiger partial charge >= 0.3 is 6.36 Å². The number of ether oxygens (including phenoxy) is 1. The summed E-state index contributed by atoms with van der Waals surface area (Å²) in [7, 11) is 0. The molecule has 0 radical (unpaired) electrons. The van der Waals surface area contributed by atoms with E-state index in [-0.39, 0.29) is 17.6 Å². The number of halogens is 3. The van der Waals surface area contributed by atoms with Gasteiger partial charge in [-0.25, -0.2) is 0 Å². The van der Waals surface area contributed by atoms with E-state index in [2.05, 4.69) is 10.1 Å². The maximum Gasteiger partial charge on any atom is 0.573 e. The topological polar surface area (TPSA) is 64.4 Å². The number of amides is 1. The third-order valence-corrected chi connectivity index (χ3v) is 2.38. The lowest BCUT2D eigenvalue weighted by atomic mass is 10.1. The van der Waals surface area contributed by atoms with Crippen LogP contribution in [0.15, 0.2) is 24.3 Å². The van der Waals surface area contributed by atoms with Crippen molar-refractivity contribution >= 4 is 11.6 Å². The van der Waals surface area contributed by atoms with Gasteiger partial charge in [-0.2, -0.15) is 0 Å². The Morgan fingerprint density at radius 3 is 2.21 bits per heavy atom. The highest BCUT2D eigenvalue weighted by molar-refractivity contribution is 5.94. The lowest BCUT2D eigenvalue weighted by Crippen LogP contribution is -2.39. The molecule has 1 aromatic carbocycles. The Balaban J connectivity index is 2.65. The number of anilines is 1. The second kappa shape index (κ2) is 5.92. The van der Waals surface area contributed by atoms with Crippen molar-refractivity contribution in [3.63, 3.8) is 0 Å². The minimum atomic E-state index is -4.73. The van der Waals surface area contributed by atoms with Gasteiger partial charge in [0.2, 0.25) is 5.91 Å². The van der Waals surface area contributed by atoms with Gasteiger partial charge in [0.25, 0.3) is 0 Å². The highest BCUT2D eigenvalue weighted by Gasteiger charge is 2.31. The highest BCUT2D eigenvalue weighted by Crippen LogP contribution is 2.24. The number of carbonyl (C=O) groups excluding carboxylic acids is 1. The van der Waals surface area contributed by atoms with Crippen LogP contribution in [0, 0.1) is 5.92 Å². The number of nitrogens with one attached hydrogen (secondary N) is 1. The molecule has 0 aromatic heterocycles. The largest absolute Gasteiger partial charge is 0.573 e. The molecule has 0 aliphatic rings. The summed E-state index contributed by atoms with van der Waals surface area (Å²) in [6.45, 7) is 3.59. The molecule has 1 aromatic rings. The zero-order chi connectivity index (χ0) is 14.6. The molecular formula is C12H15F3N2O2. The van der Waals surface area contributed by atoms with Crippen LogP contribution in [0.25, 0.3) is 0 Å². The van der Waals surface area contributed by atoms with Gasteiger partial charge in [0.1, 0.15) is 5.75 Å². The van der Waals surface area contributed by atoms with E-state index in [4.69, 9.17) is 5.73 Å². The Hall–Kier alpha value is -1.76. The number of nitrogens with two attached hydrogens (primary N) is 1. The van der Waals surface area contributed by atoms with E-state index in [0.717, 1.165) is 12.1 Å². The molecule has 19 heavy (non-hydrogen) atoms. The Morgan fingerprint density at radius 1 is 1.26 bits per heavy atom. The van der Waals surface area contributed by atoms with E-state index < -0.39 is 12.4 Å². The summed E-state index contributed by atoms with van der Waals surface area (Å²) in [4.78, 5) is 11.6. The standard InChI is InChI=1S/C12H15F3N2O2/c1-7(2)10(16)11(18)17-8-3-5-9(6-4-8)19-12(13,14)15/h3-7,10H,16H2,1-2H3,(H,17,18)/t10-/m0/s1. The number of carbonyl (C=O) groups is 1. The molecule has 0 saturated carbocycles. The second-order valence-corrected chi connectivity index (χ2v) is 4.33. The molecule has 7 heteroatoms. The summed E-state index contributed by atoms with van der Waals surface area (Å²) in [5.41, 5.74) is 5.99. The van der Waals surface area contributed by atoms with Gasteiger partial charge in [-0.3, -0.25) is 4.79 Å². The predicted octanol–water partition coefficient (Wildman–Crippen LogP) is 2.51. The lowest BCUT2D eigenvalue weighted by molar-refractivity contribution is -0.274. The molecule has 0 saturated heterocycles. The second-order valence-electron chi connectivity index (χ2n) is 4.33. The number of hydrogen-bond acceptors (Lipinski definition) is 3. The zero-order valence-electron chi connectivity index (χ0n) is 10.5. The normalized spacial score (nSPS) is 13.2. The van der Waals surface area contributed by atoms with Crippen LogP contribution in [0.4, 0.5) is 18.9 Å². The van der Waals surface area contributed by atoms with Gasteiger partial charge < -0.3 is 15.8 Å². The minimum Gasteiger partial charge on any atom is -0.406 e. The van der Waals surface area contributed by atoms with Crippen molar-refractivity contribution in [3.8, 4) is 5.75 Å². The molecule has 0 unspecified atom stereocenters. The van der Waals surface area contributed by atoms with E-state index >= 15 is 0 Å². The quantitative estimate of drug-likeness (QED) is 0.888. The summed E-state index contributed by atoms with van der Waals surface area (Å²) in [6, 6.07) is 4.18. The van der Waals surface area contributed by atoms with Crippen LogP contribution in [-0.2, 0) is 4.79 Å². The average Bonchev–Trinajstić information content (AvgIpc) is 2.28. The van der Waals surface area contributed by atoms with Gasteiger partial charge in [0.15, 0.2) is 0 Å². The highest BCUT2D eigenvalue weighted by atomic mass is 19.4. The number of rotatable bonds is 4. The van der Waals surface area contributed by atoms with E-state index in [0.29, 0.717) is 5.69 Å². The molecule has 0 aliphatic heterocycles. The Kier molecular flexibility index (Phi) is 4.77. The Labute approximate surface area is 108 Å². The van der Waals surface area contributed by atoms with E-state index in [1.165, 1.54) is 12.1 Å². The van der Waals surface area contributed by atoms with Crippen molar-refractivity contribution in [1.29, 1.82) is 0 Å². The molecule has 0 bridgehead atoms. The van der Waals surface area contributed by atoms with Crippen molar-refractivity contribution in [1.82, 2.24) is 0 Å². The average molecular weight is 276 g/mol. The third kappa shape index (κ3) is 5.17. The first-order valence-corrected chi connectivity index (χ1v) is 5.61. The van der Waals surface area contributed by atoms with Crippen molar-refractivity contribution in [2.45, 2.75) is 26.3 Å². The molecule has 4 nitrogen and oxygen atoms in total. The van der Waals surface area contributed by atoms with Crippen molar-refractivity contribution in [2.75, 3.05) is 5.32 Å². The fraction of sp³-hybridized carbons (Fsp3) is 0.417. The minimum absolute atomic E-state index is 0.0344. The maximum atomic E-state index is 11.9. The van der Waals surface area contributed by atoms with Gasteiger partial charge in [-0.1, -0.05) is 13.8 Å². The van der Waals surface area contributed by atoms with E-state index in [1.54, 1.807) is 13.8 Å². The molecule has 106 valence electrons. The fourth-order valence-corrected chi connectivity index (χ4v) is 1.27. The van der Waals surface area contributed by atoms with Crippen LogP contribution in [-0.4, -0.2) is 18.3 Å². The molecule has 0 heterocycles. The summed E-state index contributed by atoms with van der Waals surface area (Å²) < 4.78 is 39.5. The van der Waals surface area contributed by atoms with Crippen molar-refractivity contribution < 1.29 is 22.7 Å². The smallest absolute Gasteiger partial charge is 0.406 e. The first-order valence-electron chi connectivity index (χ1n) is 5.61. The van der Waals surface area contributed by atoms with Crippen LogP contribution < -0.4 is 15.8 Å².